The van der Waals surface area contributed by atoms with Crippen molar-refractivity contribution in [3.63, 3.8) is 0 Å². The number of benzene rings is 2. The number of nitrogens with one attached hydrogen (secondary N) is 1. The van der Waals surface area contributed by atoms with Crippen molar-refractivity contribution >= 4 is 17.7 Å². The number of carbonyl (C=O) groups is 3. The second-order valence-electron chi connectivity index (χ2n) is 6.94. The van der Waals surface area contributed by atoms with Gasteiger partial charge < -0.3 is 5.32 Å². The molecule has 0 unspecified atom stereocenters. The number of urea groups is 1. The van der Waals surface area contributed by atoms with Crippen molar-refractivity contribution in [1.29, 1.82) is 0 Å². The average molecular weight is 350 g/mol. The van der Waals surface area contributed by atoms with E-state index >= 15 is 0 Å². The van der Waals surface area contributed by atoms with Crippen LogP contribution in [0.1, 0.15) is 40.9 Å². The van der Waals surface area contributed by atoms with Gasteiger partial charge in [-0.3, -0.25) is 14.5 Å². The Kier molecular flexibility index (Phi) is 4.40. The summed E-state index contributed by atoms with van der Waals surface area (Å²) in [7, 11) is 0. The lowest BCUT2D eigenvalue weighted by atomic mass is 9.91. The molecule has 2 aromatic rings. The molecular formula is C21H22N2O3. The molecule has 1 aliphatic heterocycles. The van der Waals surface area contributed by atoms with Crippen LogP contribution in [0.2, 0.25) is 0 Å². The normalized spacial score (nSPS) is 20.8. The first-order valence-corrected chi connectivity index (χ1v) is 8.58. The monoisotopic (exact) mass is 350 g/mol. The largest absolute Gasteiger partial charge is 0.325 e. The number of imide groups is 1. The standard InChI is InChI=1S/C21H22N2O3/c1-13-10-11-16(12-14(13)2)18(24)15(3)23-19(25)21(4,22-20(23)26)17-8-6-5-7-9-17/h5-12,15H,1-4H3,(H,22,26)/t15-,21+/m0/s1. The van der Waals surface area contributed by atoms with Crippen LogP contribution >= 0.6 is 0 Å². The lowest BCUT2D eigenvalue weighted by molar-refractivity contribution is -0.131. The summed E-state index contributed by atoms with van der Waals surface area (Å²) >= 11 is 0. The molecule has 1 fully saturated rings. The van der Waals surface area contributed by atoms with Gasteiger partial charge in [-0.25, -0.2) is 4.79 Å². The Morgan fingerprint density at radius 3 is 2.31 bits per heavy atom. The molecule has 0 radical (unpaired) electrons. The number of nitrogens with zero attached hydrogens (tertiary/aromatic N) is 1. The van der Waals surface area contributed by atoms with Crippen LogP contribution in [0, 0.1) is 13.8 Å². The van der Waals surface area contributed by atoms with E-state index in [4.69, 9.17) is 0 Å². The van der Waals surface area contributed by atoms with Crippen molar-refractivity contribution in [2.75, 3.05) is 0 Å². The van der Waals surface area contributed by atoms with Crippen molar-refractivity contribution in [2.24, 2.45) is 0 Å². The van der Waals surface area contributed by atoms with Gasteiger partial charge in [-0.15, -0.1) is 0 Å². The predicted molar refractivity (Wildman–Crippen MR) is 98.9 cm³/mol. The Morgan fingerprint density at radius 1 is 1.04 bits per heavy atom. The van der Waals surface area contributed by atoms with Gasteiger partial charge in [0.05, 0.1) is 0 Å². The first-order valence-electron chi connectivity index (χ1n) is 8.58. The maximum absolute atomic E-state index is 13.0. The fourth-order valence-electron chi connectivity index (χ4n) is 3.23. The number of amides is 3. The fraction of sp³-hybridized carbons (Fsp3) is 0.286. The summed E-state index contributed by atoms with van der Waals surface area (Å²) < 4.78 is 0. The Labute approximate surface area is 153 Å². The molecule has 2 atom stereocenters. The highest BCUT2D eigenvalue weighted by Gasteiger charge is 2.51. The predicted octanol–water partition coefficient (Wildman–Crippen LogP) is 3.34. The molecule has 0 bridgehead atoms. The summed E-state index contributed by atoms with van der Waals surface area (Å²) in [6.07, 6.45) is 0. The van der Waals surface area contributed by atoms with Crippen LogP contribution in [0.5, 0.6) is 0 Å². The number of ketones is 1. The summed E-state index contributed by atoms with van der Waals surface area (Å²) in [5.74, 6) is -0.674. The molecule has 3 rings (SSSR count). The molecule has 0 spiro atoms. The number of hydrogen-bond acceptors (Lipinski definition) is 3. The third kappa shape index (κ3) is 2.79. The van der Waals surface area contributed by atoms with Crippen molar-refractivity contribution in [3.05, 3.63) is 70.8 Å². The molecule has 1 heterocycles. The highest BCUT2D eigenvalue weighted by Crippen LogP contribution is 2.30. The van der Waals surface area contributed by atoms with Crippen molar-refractivity contribution in [1.82, 2.24) is 10.2 Å². The third-order valence-electron chi connectivity index (χ3n) is 5.13. The van der Waals surface area contributed by atoms with Crippen LogP contribution in [0.4, 0.5) is 4.79 Å². The molecule has 134 valence electrons. The minimum Gasteiger partial charge on any atom is -0.319 e. The van der Waals surface area contributed by atoms with Gasteiger partial charge in [-0.05, 0) is 50.5 Å². The van der Waals surface area contributed by atoms with Gasteiger partial charge in [-0.1, -0.05) is 42.5 Å². The molecule has 0 aromatic heterocycles. The van der Waals surface area contributed by atoms with Gasteiger partial charge in [0.25, 0.3) is 5.91 Å². The van der Waals surface area contributed by atoms with E-state index in [0.29, 0.717) is 11.1 Å². The Bertz CT molecular complexity index is 891. The van der Waals surface area contributed by atoms with E-state index in [1.165, 1.54) is 0 Å². The van der Waals surface area contributed by atoms with Crippen molar-refractivity contribution in [3.8, 4) is 0 Å². The Balaban J connectivity index is 1.91. The van der Waals surface area contributed by atoms with Crippen LogP contribution in [0.3, 0.4) is 0 Å². The van der Waals surface area contributed by atoms with E-state index in [-0.39, 0.29) is 5.78 Å². The molecule has 1 N–H and O–H groups in total. The summed E-state index contributed by atoms with van der Waals surface area (Å²) in [5.41, 5.74) is 2.09. The van der Waals surface area contributed by atoms with Crippen LogP contribution < -0.4 is 5.32 Å². The minimum absolute atomic E-state index is 0.256. The Hall–Kier alpha value is -2.95. The van der Waals surface area contributed by atoms with Gasteiger partial charge in [0.1, 0.15) is 11.6 Å². The maximum atomic E-state index is 13.0. The molecular weight excluding hydrogens is 328 g/mol. The second-order valence-corrected chi connectivity index (χ2v) is 6.94. The first-order chi connectivity index (χ1) is 12.3. The van der Waals surface area contributed by atoms with E-state index in [9.17, 15) is 14.4 Å². The summed E-state index contributed by atoms with van der Waals surface area (Å²) in [6.45, 7) is 7.15. The van der Waals surface area contributed by atoms with Crippen LogP contribution in [-0.2, 0) is 10.3 Å². The van der Waals surface area contributed by atoms with E-state index in [2.05, 4.69) is 5.32 Å². The summed E-state index contributed by atoms with van der Waals surface area (Å²) in [4.78, 5) is 39.4. The molecule has 1 saturated heterocycles. The van der Waals surface area contributed by atoms with Gasteiger partial charge in [0.2, 0.25) is 0 Å². The topological polar surface area (TPSA) is 66.5 Å². The quantitative estimate of drug-likeness (QED) is 0.679. The average Bonchev–Trinajstić information content (AvgIpc) is 2.87. The Morgan fingerprint density at radius 2 is 1.69 bits per heavy atom. The molecule has 5 nitrogen and oxygen atoms in total. The van der Waals surface area contributed by atoms with Gasteiger partial charge in [0, 0.05) is 5.56 Å². The molecule has 3 amide bonds. The zero-order valence-corrected chi connectivity index (χ0v) is 15.4. The van der Waals surface area contributed by atoms with Gasteiger partial charge >= 0.3 is 6.03 Å². The summed E-state index contributed by atoms with van der Waals surface area (Å²) in [5, 5.41) is 2.74. The maximum Gasteiger partial charge on any atom is 0.325 e. The highest BCUT2D eigenvalue weighted by atomic mass is 16.2. The molecule has 26 heavy (non-hydrogen) atoms. The SMILES string of the molecule is Cc1ccc(C(=O)[C@H](C)N2C(=O)N[C@](C)(c3ccccc3)C2=O)cc1C. The number of Topliss-reactive ketones (excluding diaryl/α,β-unsaturated/α-hetero) is 1. The van der Waals surface area contributed by atoms with Crippen molar-refractivity contribution in [2.45, 2.75) is 39.3 Å². The number of rotatable bonds is 4. The van der Waals surface area contributed by atoms with E-state index in [1.807, 2.05) is 38.1 Å². The molecule has 0 saturated carbocycles. The molecule has 0 aliphatic carbocycles. The van der Waals surface area contributed by atoms with Crippen LogP contribution in [0.15, 0.2) is 48.5 Å². The fourth-order valence-corrected chi connectivity index (χ4v) is 3.23. The number of hydrogen-bond donors (Lipinski definition) is 1. The highest BCUT2D eigenvalue weighted by molar-refractivity contribution is 6.12. The molecule has 1 aliphatic rings. The third-order valence-corrected chi connectivity index (χ3v) is 5.13. The lowest BCUT2D eigenvalue weighted by Crippen LogP contribution is -2.45. The van der Waals surface area contributed by atoms with E-state index in [1.54, 1.807) is 38.1 Å². The number of aryl methyl sites for hydroxylation is 2. The zero-order chi connectivity index (χ0) is 19.1. The van der Waals surface area contributed by atoms with Gasteiger partial charge in [0.15, 0.2) is 5.78 Å². The van der Waals surface area contributed by atoms with E-state index < -0.39 is 23.5 Å². The van der Waals surface area contributed by atoms with Crippen molar-refractivity contribution < 1.29 is 14.4 Å². The van der Waals surface area contributed by atoms with Gasteiger partial charge in [-0.2, -0.15) is 0 Å². The first kappa shape index (κ1) is 17.9. The summed E-state index contributed by atoms with van der Waals surface area (Å²) in [6, 6.07) is 13.0. The lowest BCUT2D eigenvalue weighted by Gasteiger charge is -2.24. The molecule has 5 heteroatoms. The minimum atomic E-state index is -1.17. The number of carbonyl (C=O) groups excluding carboxylic acids is 3. The van der Waals surface area contributed by atoms with Crippen LogP contribution in [0.25, 0.3) is 0 Å². The smallest absolute Gasteiger partial charge is 0.319 e. The molecule has 2 aromatic carbocycles. The second kappa shape index (κ2) is 6.41. The van der Waals surface area contributed by atoms with E-state index in [0.717, 1.165) is 16.0 Å². The zero-order valence-electron chi connectivity index (χ0n) is 15.4. The van der Waals surface area contributed by atoms with Crippen LogP contribution in [-0.4, -0.2) is 28.7 Å².